The predicted molar refractivity (Wildman–Crippen MR) is 64.2 cm³/mol. The van der Waals surface area contributed by atoms with Crippen LogP contribution in [0.3, 0.4) is 0 Å². The number of hydrogen-bond acceptors (Lipinski definition) is 4. The first-order valence-electron chi connectivity index (χ1n) is 5.50. The molecular formula is C11H16N2O2S. The fourth-order valence-corrected chi connectivity index (χ4v) is 3.10. The largest absolute Gasteiger partial charge is 0.477 e. The molecule has 0 spiro atoms. The van der Waals surface area contributed by atoms with Crippen molar-refractivity contribution in [1.29, 1.82) is 0 Å². The van der Waals surface area contributed by atoms with E-state index in [0.717, 1.165) is 18.2 Å². The molecule has 2 heterocycles. The molecule has 0 radical (unpaired) electrons. The molecule has 1 fully saturated rings. The van der Waals surface area contributed by atoms with Gasteiger partial charge in [0.05, 0.1) is 6.20 Å². The lowest BCUT2D eigenvalue weighted by Crippen LogP contribution is -2.38. The number of aromatic carboxylic acids is 1. The van der Waals surface area contributed by atoms with Gasteiger partial charge < -0.3 is 10.0 Å². The zero-order valence-corrected chi connectivity index (χ0v) is 10.3. The van der Waals surface area contributed by atoms with E-state index >= 15 is 0 Å². The predicted octanol–water partition coefficient (Wildman–Crippen LogP) is 2.32. The summed E-state index contributed by atoms with van der Waals surface area (Å²) < 4.78 is 0. The van der Waals surface area contributed by atoms with E-state index in [-0.39, 0.29) is 0 Å². The topological polar surface area (TPSA) is 53.4 Å². The van der Waals surface area contributed by atoms with Crippen LogP contribution < -0.4 is 4.90 Å². The van der Waals surface area contributed by atoms with Crippen molar-refractivity contribution in [3.63, 3.8) is 0 Å². The molecule has 1 N–H and O–H groups in total. The van der Waals surface area contributed by atoms with Gasteiger partial charge >= 0.3 is 5.97 Å². The number of nitrogens with zero attached hydrogens (tertiary/aromatic N) is 2. The molecule has 0 saturated carbocycles. The van der Waals surface area contributed by atoms with Crippen LogP contribution in [0.1, 0.15) is 29.9 Å². The summed E-state index contributed by atoms with van der Waals surface area (Å²) in [6.07, 6.45) is 2.69. The molecule has 0 amide bonds. The molecular weight excluding hydrogens is 224 g/mol. The Labute approximate surface area is 98.9 Å². The first-order valence-corrected chi connectivity index (χ1v) is 6.32. The zero-order valence-electron chi connectivity index (χ0n) is 9.51. The first kappa shape index (κ1) is 11.4. The summed E-state index contributed by atoms with van der Waals surface area (Å²) in [6, 6.07) is 0. The number of hydrogen-bond donors (Lipinski definition) is 1. The highest BCUT2D eigenvalue weighted by Crippen LogP contribution is 2.29. The molecule has 1 aliphatic rings. The van der Waals surface area contributed by atoms with E-state index in [1.165, 1.54) is 24.0 Å². The summed E-state index contributed by atoms with van der Waals surface area (Å²) in [6.45, 7) is 6.43. The highest BCUT2D eigenvalue weighted by Gasteiger charge is 2.24. The Morgan fingerprint density at radius 1 is 1.50 bits per heavy atom. The van der Waals surface area contributed by atoms with Crippen LogP contribution in [-0.2, 0) is 0 Å². The third kappa shape index (κ3) is 2.35. The molecule has 4 nitrogen and oxygen atoms in total. The third-order valence-electron chi connectivity index (χ3n) is 2.84. The van der Waals surface area contributed by atoms with Gasteiger partial charge in [0.1, 0.15) is 4.88 Å². The SMILES string of the molecule is CC1CC(C)CN(c2ncc(C(=O)O)s2)C1. The molecule has 2 atom stereocenters. The van der Waals surface area contributed by atoms with Crippen molar-refractivity contribution in [2.24, 2.45) is 11.8 Å². The summed E-state index contributed by atoms with van der Waals surface area (Å²) in [7, 11) is 0. The normalized spacial score (nSPS) is 25.8. The van der Waals surface area contributed by atoms with Gasteiger partial charge in [0.2, 0.25) is 0 Å². The highest BCUT2D eigenvalue weighted by molar-refractivity contribution is 7.17. The molecule has 1 aromatic heterocycles. The van der Waals surface area contributed by atoms with Gasteiger partial charge in [-0.25, -0.2) is 9.78 Å². The van der Waals surface area contributed by atoms with Gasteiger partial charge in [-0.3, -0.25) is 0 Å². The number of aromatic nitrogens is 1. The van der Waals surface area contributed by atoms with E-state index in [0.29, 0.717) is 16.7 Å². The lowest BCUT2D eigenvalue weighted by Gasteiger charge is -2.34. The van der Waals surface area contributed by atoms with Crippen molar-refractivity contribution in [2.75, 3.05) is 18.0 Å². The monoisotopic (exact) mass is 240 g/mol. The molecule has 0 aliphatic carbocycles. The van der Waals surface area contributed by atoms with E-state index in [9.17, 15) is 4.79 Å². The maximum absolute atomic E-state index is 10.8. The Kier molecular flexibility index (Phi) is 3.14. The number of piperidine rings is 1. The van der Waals surface area contributed by atoms with Crippen LogP contribution >= 0.6 is 11.3 Å². The molecule has 2 unspecified atom stereocenters. The minimum atomic E-state index is -0.887. The maximum atomic E-state index is 10.8. The van der Waals surface area contributed by atoms with E-state index < -0.39 is 5.97 Å². The van der Waals surface area contributed by atoms with Crippen molar-refractivity contribution in [2.45, 2.75) is 20.3 Å². The van der Waals surface area contributed by atoms with Crippen LogP contribution in [0.2, 0.25) is 0 Å². The lowest BCUT2D eigenvalue weighted by atomic mass is 9.92. The molecule has 88 valence electrons. The van der Waals surface area contributed by atoms with Crippen LogP contribution in [0.25, 0.3) is 0 Å². The quantitative estimate of drug-likeness (QED) is 0.862. The number of rotatable bonds is 2. The number of anilines is 1. The number of thiazole rings is 1. The minimum Gasteiger partial charge on any atom is -0.477 e. The van der Waals surface area contributed by atoms with Crippen LogP contribution in [0, 0.1) is 11.8 Å². The minimum absolute atomic E-state index is 0.320. The van der Waals surface area contributed by atoms with E-state index in [4.69, 9.17) is 5.11 Å². The molecule has 1 aliphatic heterocycles. The van der Waals surface area contributed by atoms with Crippen molar-refractivity contribution in [3.8, 4) is 0 Å². The van der Waals surface area contributed by atoms with Crippen molar-refractivity contribution >= 4 is 22.4 Å². The average molecular weight is 240 g/mol. The second-order valence-corrected chi connectivity index (χ2v) is 5.67. The second-order valence-electron chi connectivity index (χ2n) is 4.66. The smallest absolute Gasteiger partial charge is 0.347 e. The van der Waals surface area contributed by atoms with Crippen LogP contribution in [0.5, 0.6) is 0 Å². The van der Waals surface area contributed by atoms with E-state index in [1.807, 2.05) is 0 Å². The van der Waals surface area contributed by atoms with Crippen LogP contribution in [0.4, 0.5) is 5.13 Å². The Morgan fingerprint density at radius 3 is 2.62 bits per heavy atom. The summed E-state index contributed by atoms with van der Waals surface area (Å²) >= 11 is 1.27. The lowest BCUT2D eigenvalue weighted by molar-refractivity contribution is 0.0702. The average Bonchev–Trinajstić information content (AvgIpc) is 2.64. The number of carbonyl (C=O) groups is 1. The van der Waals surface area contributed by atoms with E-state index in [1.54, 1.807) is 0 Å². The Morgan fingerprint density at radius 2 is 2.12 bits per heavy atom. The van der Waals surface area contributed by atoms with Gasteiger partial charge in [0.25, 0.3) is 0 Å². The Bertz CT molecular complexity index is 381. The maximum Gasteiger partial charge on any atom is 0.347 e. The van der Waals surface area contributed by atoms with Crippen LogP contribution in [0.15, 0.2) is 6.20 Å². The molecule has 0 bridgehead atoms. The van der Waals surface area contributed by atoms with Crippen molar-refractivity contribution in [3.05, 3.63) is 11.1 Å². The van der Waals surface area contributed by atoms with Crippen molar-refractivity contribution in [1.82, 2.24) is 4.98 Å². The van der Waals surface area contributed by atoms with Gasteiger partial charge in [-0.05, 0) is 18.3 Å². The summed E-state index contributed by atoms with van der Waals surface area (Å²) in [5.41, 5.74) is 0. The molecule has 2 rings (SSSR count). The number of carboxylic acid groups (broad SMARTS) is 1. The second kappa shape index (κ2) is 4.41. The van der Waals surface area contributed by atoms with E-state index in [2.05, 4.69) is 23.7 Å². The highest BCUT2D eigenvalue weighted by atomic mass is 32.1. The van der Waals surface area contributed by atoms with Gasteiger partial charge in [-0.15, -0.1) is 0 Å². The standard InChI is InChI=1S/C11H16N2O2S/c1-7-3-8(2)6-13(5-7)11-12-4-9(16-11)10(14)15/h4,7-8H,3,5-6H2,1-2H3,(H,14,15). The zero-order chi connectivity index (χ0) is 11.7. The molecule has 1 aromatic rings. The Hall–Kier alpha value is -1.10. The fraction of sp³-hybridized carbons (Fsp3) is 0.636. The summed E-state index contributed by atoms with van der Waals surface area (Å²) in [4.78, 5) is 17.5. The van der Waals surface area contributed by atoms with Gasteiger partial charge in [-0.1, -0.05) is 25.2 Å². The Balaban J connectivity index is 2.13. The molecule has 0 aromatic carbocycles. The van der Waals surface area contributed by atoms with Gasteiger partial charge in [-0.2, -0.15) is 0 Å². The number of carboxylic acids is 1. The summed E-state index contributed by atoms with van der Waals surface area (Å²) in [5, 5.41) is 9.70. The molecule has 1 saturated heterocycles. The van der Waals surface area contributed by atoms with Gasteiger partial charge in [0, 0.05) is 13.1 Å². The first-order chi connectivity index (χ1) is 7.56. The van der Waals surface area contributed by atoms with Crippen molar-refractivity contribution < 1.29 is 9.90 Å². The third-order valence-corrected chi connectivity index (χ3v) is 3.89. The fourth-order valence-electron chi connectivity index (χ4n) is 2.33. The molecule has 16 heavy (non-hydrogen) atoms. The van der Waals surface area contributed by atoms with Gasteiger partial charge in [0.15, 0.2) is 5.13 Å². The summed E-state index contributed by atoms with van der Waals surface area (Å²) in [5.74, 6) is 0.420. The van der Waals surface area contributed by atoms with Crippen LogP contribution in [-0.4, -0.2) is 29.1 Å². The molecule has 5 heteroatoms.